The Bertz CT molecular complexity index is 722. The number of carbonyl (C=O) groups excluding carboxylic acids is 2. The summed E-state index contributed by atoms with van der Waals surface area (Å²) in [6.07, 6.45) is 5.04. The zero-order valence-corrected chi connectivity index (χ0v) is 18.0. The minimum absolute atomic E-state index is 0.0338. The lowest BCUT2D eigenvalue weighted by atomic mass is 9.86. The van der Waals surface area contributed by atoms with Crippen LogP contribution < -0.4 is 0 Å². The Hall–Kier alpha value is -1.30. The van der Waals surface area contributed by atoms with Crippen molar-refractivity contribution >= 4 is 35.1 Å². The van der Waals surface area contributed by atoms with Crippen molar-refractivity contribution < 1.29 is 14.3 Å². The molecule has 1 aromatic rings. The van der Waals surface area contributed by atoms with E-state index in [4.69, 9.17) is 27.9 Å². The van der Waals surface area contributed by atoms with E-state index in [0.29, 0.717) is 22.5 Å². The SMILES string of the molecule is CC(=O)O[C@@H]1CC[C@H](N2CCCC2)[C@@H](N(C)C(=O)Cc2ccc(Cl)c(Cl)c2)C1. The molecule has 1 aliphatic heterocycles. The maximum absolute atomic E-state index is 13.0. The van der Waals surface area contributed by atoms with Gasteiger partial charge in [-0.05, 0) is 56.5 Å². The lowest BCUT2D eigenvalue weighted by molar-refractivity contribution is -0.150. The van der Waals surface area contributed by atoms with Crippen molar-refractivity contribution in [1.29, 1.82) is 0 Å². The van der Waals surface area contributed by atoms with Crippen LogP contribution in [0, 0.1) is 0 Å². The summed E-state index contributed by atoms with van der Waals surface area (Å²) in [5, 5.41) is 0.939. The van der Waals surface area contributed by atoms with Gasteiger partial charge in [-0.2, -0.15) is 0 Å². The summed E-state index contributed by atoms with van der Waals surface area (Å²) < 4.78 is 5.48. The summed E-state index contributed by atoms with van der Waals surface area (Å²) in [5.41, 5.74) is 0.844. The van der Waals surface area contributed by atoms with Crippen molar-refractivity contribution in [2.75, 3.05) is 20.1 Å². The Balaban J connectivity index is 1.72. The molecule has 28 heavy (non-hydrogen) atoms. The molecule has 154 valence electrons. The number of halogens is 2. The molecule has 0 bridgehead atoms. The van der Waals surface area contributed by atoms with Gasteiger partial charge in [0.2, 0.25) is 5.91 Å². The van der Waals surface area contributed by atoms with Crippen molar-refractivity contribution in [3.8, 4) is 0 Å². The molecule has 1 saturated carbocycles. The summed E-state index contributed by atoms with van der Waals surface area (Å²) in [6.45, 7) is 3.60. The van der Waals surface area contributed by atoms with Gasteiger partial charge in [0.1, 0.15) is 6.10 Å². The van der Waals surface area contributed by atoms with E-state index in [2.05, 4.69) is 4.90 Å². The summed E-state index contributed by atoms with van der Waals surface area (Å²) in [6, 6.07) is 5.65. The third-order valence-corrected chi connectivity index (χ3v) is 6.64. The summed E-state index contributed by atoms with van der Waals surface area (Å²) in [7, 11) is 1.86. The molecule has 1 aliphatic carbocycles. The van der Waals surface area contributed by atoms with E-state index in [1.54, 1.807) is 12.1 Å². The lowest BCUT2D eigenvalue weighted by Crippen LogP contribution is -2.56. The Morgan fingerprint density at radius 1 is 1.18 bits per heavy atom. The fourth-order valence-electron chi connectivity index (χ4n) is 4.48. The average molecular weight is 427 g/mol. The number of benzene rings is 1. The second-order valence-corrected chi connectivity index (χ2v) is 8.67. The monoisotopic (exact) mass is 426 g/mol. The van der Waals surface area contributed by atoms with Gasteiger partial charge in [0, 0.05) is 26.4 Å². The molecule has 0 spiro atoms. The molecule has 5 nitrogen and oxygen atoms in total. The summed E-state index contributed by atoms with van der Waals surface area (Å²) >= 11 is 12.1. The van der Waals surface area contributed by atoms with E-state index >= 15 is 0 Å². The Morgan fingerprint density at radius 3 is 2.54 bits per heavy atom. The Kier molecular flexibility index (Phi) is 7.24. The molecule has 1 aromatic carbocycles. The van der Waals surface area contributed by atoms with Gasteiger partial charge < -0.3 is 9.64 Å². The standard InChI is InChI=1S/C21H28Cl2N2O3/c1-14(26)28-16-6-8-19(25-9-3-4-10-25)20(13-16)24(2)21(27)12-15-5-7-17(22)18(23)11-15/h5,7,11,16,19-20H,3-4,6,8-10,12-13H2,1-2H3/t16-,19+,20+/m1/s1. The normalized spacial score (nSPS) is 25.5. The molecule has 3 rings (SSSR count). The summed E-state index contributed by atoms with van der Waals surface area (Å²) in [4.78, 5) is 28.8. The molecule has 1 heterocycles. The maximum atomic E-state index is 13.0. The molecule has 0 N–H and O–H groups in total. The van der Waals surface area contributed by atoms with Crippen molar-refractivity contribution in [1.82, 2.24) is 9.80 Å². The van der Waals surface area contributed by atoms with Gasteiger partial charge in [-0.1, -0.05) is 29.3 Å². The zero-order chi connectivity index (χ0) is 20.3. The van der Waals surface area contributed by atoms with E-state index < -0.39 is 0 Å². The number of likely N-dealkylation sites (N-methyl/N-ethyl adjacent to an activating group) is 1. The quantitative estimate of drug-likeness (QED) is 0.668. The maximum Gasteiger partial charge on any atom is 0.302 e. The van der Waals surface area contributed by atoms with Crippen LogP contribution in [0.3, 0.4) is 0 Å². The number of carbonyl (C=O) groups is 2. The predicted octanol–water partition coefficient (Wildman–Crippen LogP) is 3.94. The number of esters is 1. The first-order chi connectivity index (χ1) is 13.3. The van der Waals surface area contributed by atoms with E-state index in [1.807, 2.05) is 18.0 Å². The smallest absolute Gasteiger partial charge is 0.302 e. The van der Waals surface area contributed by atoms with Gasteiger partial charge in [0.05, 0.1) is 22.5 Å². The van der Waals surface area contributed by atoms with E-state index in [1.165, 1.54) is 19.8 Å². The number of amides is 1. The highest BCUT2D eigenvalue weighted by Crippen LogP contribution is 2.31. The van der Waals surface area contributed by atoms with Gasteiger partial charge in [-0.15, -0.1) is 0 Å². The third-order valence-electron chi connectivity index (χ3n) is 5.91. The van der Waals surface area contributed by atoms with Crippen LogP contribution >= 0.6 is 23.2 Å². The van der Waals surface area contributed by atoms with Crippen molar-refractivity contribution in [3.05, 3.63) is 33.8 Å². The van der Waals surface area contributed by atoms with E-state index in [0.717, 1.165) is 31.5 Å². The van der Waals surface area contributed by atoms with Crippen LogP contribution in [0.25, 0.3) is 0 Å². The van der Waals surface area contributed by atoms with Crippen LogP contribution in [-0.2, 0) is 20.7 Å². The molecule has 3 atom stereocenters. The molecular formula is C21H28Cl2N2O3. The third kappa shape index (κ3) is 5.19. The number of rotatable bonds is 5. The largest absolute Gasteiger partial charge is 0.462 e. The minimum atomic E-state index is -0.256. The second kappa shape index (κ2) is 9.47. The van der Waals surface area contributed by atoms with Gasteiger partial charge in [0.15, 0.2) is 0 Å². The van der Waals surface area contributed by atoms with E-state index in [9.17, 15) is 9.59 Å². The molecule has 0 radical (unpaired) electrons. The molecule has 1 saturated heterocycles. The van der Waals surface area contributed by atoms with Crippen LogP contribution in [0.2, 0.25) is 10.0 Å². The molecule has 0 unspecified atom stereocenters. The second-order valence-electron chi connectivity index (χ2n) is 7.85. The topological polar surface area (TPSA) is 49.9 Å². The molecular weight excluding hydrogens is 399 g/mol. The van der Waals surface area contributed by atoms with Gasteiger partial charge in [-0.25, -0.2) is 0 Å². The lowest BCUT2D eigenvalue weighted by Gasteiger charge is -2.44. The number of hydrogen-bond acceptors (Lipinski definition) is 4. The molecule has 1 amide bonds. The molecule has 2 aliphatic rings. The van der Waals surface area contributed by atoms with Gasteiger partial charge in [-0.3, -0.25) is 14.5 Å². The highest BCUT2D eigenvalue weighted by atomic mass is 35.5. The van der Waals surface area contributed by atoms with Crippen LogP contribution in [-0.4, -0.2) is 60.0 Å². The van der Waals surface area contributed by atoms with Crippen LogP contribution in [0.1, 0.15) is 44.6 Å². The number of likely N-dealkylation sites (tertiary alicyclic amines) is 1. The van der Waals surface area contributed by atoms with Crippen molar-refractivity contribution in [2.45, 2.75) is 63.6 Å². The average Bonchev–Trinajstić information content (AvgIpc) is 3.18. The first-order valence-corrected chi connectivity index (χ1v) is 10.7. The number of hydrogen-bond donors (Lipinski definition) is 0. The molecule has 7 heteroatoms. The fourth-order valence-corrected chi connectivity index (χ4v) is 4.81. The van der Waals surface area contributed by atoms with Crippen LogP contribution in [0.15, 0.2) is 18.2 Å². The number of ether oxygens (including phenoxy) is 1. The van der Waals surface area contributed by atoms with Crippen molar-refractivity contribution in [3.63, 3.8) is 0 Å². The van der Waals surface area contributed by atoms with E-state index in [-0.39, 0.29) is 30.4 Å². The first-order valence-electron chi connectivity index (χ1n) is 9.96. The Morgan fingerprint density at radius 2 is 1.89 bits per heavy atom. The predicted molar refractivity (Wildman–Crippen MR) is 111 cm³/mol. The highest BCUT2D eigenvalue weighted by molar-refractivity contribution is 6.42. The molecule has 2 fully saturated rings. The number of nitrogens with zero attached hydrogens (tertiary/aromatic N) is 2. The zero-order valence-electron chi connectivity index (χ0n) is 16.5. The molecule has 0 aromatic heterocycles. The Labute approximate surface area is 176 Å². The minimum Gasteiger partial charge on any atom is -0.462 e. The van der Waals surface area contributed by atoms with Crippen LogP contribution in [0.5, 0.6) is 0 Å². The summed E-state index contributed by atoms with van der Waals surface area (Å²) in [5.74, 6) is -0.218. The van der Waals surface area contributed by atoms with Gasteiger partial charge in [0.25, 0.3) is 0 Å². The van der Waals surface area contributed by atoms with Crippen LogP contribution in [0.4, 0.5) is 0 Å². The van der Waals surface area contributed by atoms with Gasteiger partial charge >= 0.3 is 5.97 Å². The fraction of sp³-hybridized carbons (Fsp3) is 0.619. The first kappa shape index (κ1) is 21.4. The highest BCUT2D eigenvalue weighted by Gasteiger charge is 2.39. The van der Waals surface area contributed by atoms with Crippen molar-refractivity contribution in [2.24, 2.45) is 0 Å².